The third-order valence-electron chi connectivity index (χ3n) is 2.88. The van der Waals surface area contributed by atoms with Crippen LogP contribution in [-0.4, -0.2) is 9.78 Å². The maximum absolute atomic E-state index is 4.35. The van der Waals surface area contributed by atoms with Crippen molar-refractivity contribution in [3.8, 4) is 0 Å². The van der Waals surface area contributed by atoms with Gasteiger partial charge in [0.1, 0.15) is 0 Å². The summed E-state index contributed by atoms with van der Waals surface area (Å²) < 4.78 is 2.16. The number of nitrogens with zero attached hydrogens (tertiary/aromatic N) is 2. The van der Waals surface area contributed by atoms with Crippen LogP contribution in [-0.2, 0) is 0 Å². The summed E-state index contributed by atoms with van der Waals surface area (Å²) in [5.41, 5.74) is 0. The fourth-order valence-electron chi connectivity index (χ4n) is 1.96. The second kappa shape index (κ2) is 3.95. The largest absolute Gasteiger partial charge is 0.269 e. The van der Waals surface area contributed by atoms with Crippen molar-refractivity contribution in [3.05, 3.63) is 18.5 Å². The van der Waals surface area contributed by atoms with E-state index in [1.165, 1.54) is 32.1 Å². The monoisotopic (exact) mass is 178 g/mol. The summed E-state index contributed by atoms with van der Waals surface area (Å²) in [5, 5.41) is 4.35. The summed E-state index contributed by atoms with van der Waals surface area (Å²) in [6, 6.07) is 2.72. The number of unbranched alkanes of at least 4 members (excludes halogenated alkanes) is 1. The quantitative estimate of drug-likeness (QED) is 0.677. The maximum atomic E-state index is 4.35. The molecule has 1 aromatic heterocycles. The molecule has 0 N–H and O–H groups in total. The molecule has 0 bridgehead atoms. The molecule has 0 radical (unpaired) electrons. The molecule has 0 amide bonds. The second-order valence-electron chi connectivity index (χ2n) is 4.03. The summed E-state index contributed by atoms with van der Waals surface area (Å²) in [6.45, 7) is 2.26. The van der Waals surface area contributed by atoms with E-state index in [0.29, 0.717) is 6.04 Å². The van der Waals surface area contributed by atoms with Crippen molar-refractivity contribution in [3.63, 3.8) is 0 Å². The Morgan fingerprint density at radius 3 is 2.92 bits per heavy atom. The van der Waals surface area contributed by atoms with Gasteiger partial charge in [-0.05, 0) is 31.2 Å². The average Bonchev–Trinajstić information content (AvgIpc) is 2.82. The van der Waals surface area contributed by atoms with Crippen molar-refractivity contribution < 1.29 is 0 Å². The van der Waals surface area contributed by atoms with Crippen molar-refractivity contribution in [2.75, 3.05) is 0 Å². The smallest absolute Gasteiger partial charge is 0.0547 e. The maximum Gasteiger partial charge on any atom is 0.0547 e. The summed E-state index contributed by atoms with van der Waals surface area (Å²) >= 11 is 0. The predicted molar refractivity (Wildman–Crippen MR) is 53.5 cm³/mol. The van der Waals surface area contributed by atoms with Gasteiger partial charge in [0.25, 0.3) is 0 Å². The highest BCUT2D eigenvalue weighted by molar-refractivity contribution is 4.89. The molecule has 2 nitrogen and oxygen atoms in total. The summed E-state index contributed by atoms with van der Waals surface area (Å²) in [7, 11) is 0. The Morgan fingerprint density at radius 1 is 1.54 bits per heavy atom. The van der Waals surface area contributed by atoms with Gasteiger partial charge in [-0.15, -0.1) is 0 Å². The molecule has 2 heteroatoms. The molecule has 1 unspecified atom stereocenters. The van der Waals surface area contributed by atoms with Crippen LogP contribution in [0.25, 0.3) is 0 Å². The van der Waals surface area contributed by atoms with Gasteiger partial charge in [-0.3, -0.25) is 4.68 Å². The summed E-state index contributed by atoms with van der Waals surface area (Å²) in [6.07, 6.45) is 10.8. The Hall–Kier alpha value is -0.790. The lowest BCUT2D eigenvalue weighted by atomic mass is 10.1. The molecular weight excluding hydrogens is 160 g/mol. The van der Waals surface area contributed by atoms with Crippen LogP contribution in [0.4, 0.5) is 0 Å². The van der Waals surface area contributed by atoms with E-state index in [1.807, 2.05) is 12.3 Å². The van der Waals surface area contributed by atoms with E-state index in [0.717, 1.165) is 5.92 Å². The van der Waals surface area contributed by atoms with Crippen LogP contribution >= 0.6 is 0 Å². The zero-order valence-electron chi connectivity index (χ0n) is 8.32. The molecular formula is C11H18N2. The average molecular weight is 178 g/mol. The fourth-order valence-corrected chi connectivity index (χ4v) is 1.96. The summed E-state index contributed by atoms with van der Waals surface area (Å²) in [4.78, 5) is 0. The lowest BCUT2D eigenvalue weighted by Gasteiger charge is -2.16. The van der Waals surface area contributed by atoms with Crippen molar-refractivity contribution in [2.45, 2.75) is 45.1 Å². The van der Waals surface area contributed by atoms with Crippen molar-refractivity contribution in [1.82, 2.24) is 9.78 Å². The molecule has 0 spiro atoms. The van der Waals surface area contributed by atoms with Crippen LogP contribution in [0.5, 0.6) is 0 Å². The van der Waals surface area contributed by atoms with Gasteiger partial charge in [-0.25, -0.2) is 0 Å². The Kier molecular flexibility index (Phi) is 2.67. The van der Waals surface area contributed by atoms with Gasteiger partial charge in [0.05, 0.1) is 6.04 Å². The first-order valence-corrected chi connectivity index (χ1v) is 5.41. The molecule has 1 saturated carbocycles. The Labute approximate surface area is 80.0 Å². The van der Waals surface area contributed by atoms with E-state index in [9.17, 15) is 0 Å². The number of hydrogen-bond acceptors (Lipinski definition) is 1. The Bertz CT molecular complexity index is 237. The van der Waals surface area contributed by atoms with Gasteiger partial charge in [0.2, 0.25) is 0 Å². The Balaban J connectivity index is 1.97. The minimum absolute atomic E-state index is 0.690. The topological polar surface area (TPSA) is 17.8 Å². The molecule has 1 atom stereocenters. The van der Waals surface area contributed by atoms with Gasteiger partial charge in [-0.2, -0.15) is 5.10 Å². The third kappa shape index (κ3) is 2.11. The molecule has 2 rings (SSSR count). The van der Waals surface area contributed by atoms with Gasteiger partial charge < -0.3 is 0 Å². The van der Waals surface area contributed by atoms with Gasteiger partial charge in [0, 0.05) is 12.4 Å². The van der Waals surface area contributed by atoms with Crippen molar-refractivity contribution >= 4 is 0 Å². The molecule has 1 aliphatic rings. The molecule has 1 aliphatic carbocycles. The van der Waals surface area contributed by atoms with E-state index >= 15 is 0 Å². The highest BCUT2D eigenvalue weighted by atomic mass is 15.3. The molecule has 0 aliphatic heterocycles. The van der Waals surface area contributed by atoms with Crippen molar-refractivity contribution in [2.24, 2.45) is 5.92 Å². The first-order valence-electron chi connectivity index (χ1n) is 5.41. The van der Waals surface area contributed by atoms with Gasteiger partial charge >= 0.3 is 0 Å². The molecule has 1 heterocycles. The highest BCUT2D eigenvalue weighted by Crippen LogP contribution is 2.41. The minimum atomic E-state index is 0.690. The number of rotatable bonds is 5. The number of aromatic nitrogens is 2. The van der Waals surface area contributed by atoms with Crippen molar-refractivity contribution in [1.29, 1.82) is 0 Å². The fraction of sp³-hybridized carbons (Fsp3) is 0.727. The minimum Gasteiger partial charge on any atom is -0.269 e. The molecule has 1 aromatic rings. The van der Waals surface area contributed by atoms with E-state index in [2.05, 4.69) is 22.9 Å². The van der Waals surface area contributed by atoms with E-state index in [1.54, 1.807) is 0 Å². The van der Waals surface area contributed by atoms with Crippen LogP contribution < -0.4 is 0 Å². The van der Waals surface area contributed by atoms with Crippen LogP contribution in [0.3, 0.4) is 0 Å². The molecule has 0 saturated heterocycles. The lowest BCUT2D eigenvalue weighted by molar-refractivity contribution is 0.369. The predicted octanol–water partition coefficient (Wildman–Crippen LogP) is 3.02. The first-order chi connectivity index (χ1) is 6.42. The van der Waals surface area contributed by atoms with E-state index < -0.39 is 0 Å². The first kappa shape index (κ1) is 8.79. The zero-order valence-corrected chi connectivity index (χ0v) is 8.32. The number of hydrogen-bond donors (Lipinski definition) is 0. The molecule has 0 aromatic carbocycles. The normalized spacial score (nSPS) is 18.8. The highest BCUT2D eigenvalue weighted by Gasteiger charge is 2.31. The van der Waals surface area contributed by atoms with Crippen LogP contribution in [0.1, 0.15) is 45.1 Å². The Morgan fingerprint density at radius 2 is 2.38 bits per heavy atom. The standard InChI is InChI=1S/C11H18N2/c1-2-3-5-11(10-6-7-10)13-9-4-8-12-13/h4,8-11H,2-3,5-7H2,1H3. The SMILES string of the molecule is CCCCC(C1CC1)n1cccn1. The molecule has 1 fully saturated rings. The van der Waals surface area contributed by atoms with Gasteiger partial charge in [0.15, 0.2) is 0 Å². The second-order valence-corrected chi connectivity index (χ2v) is 4.03. The summed E-state index contributed by atoms with van der Waals surface area (Å²) in [5.74, 6) is 0.923. The van der Waals surface area contributed by atoms with Crippen LogP contribution in [0, 0.1) is 5.92 Å². The molecule has 72 valence electrons. The van der Waals surface area contributed by atoms with Gasteiger partial charge in [-0.1, -0.05) is 19.8 Å². The van der Waals surface area contributed by atoms with Crippen LogP contribution in [0.2, 0.25) is 0 Å². The lowest BCUT2D eigenvalue weighted by Crippen LogP contribution is -2.11. The van der Waals surface area contributed by atoms with E-state index in [4.69, 9.17) is 0 Å². The van der Waals surface area contributed by atoms with Crippen LogP contribution in [0.15, 0.2) is 18.5 Å². The third-order valence-corrected chi connectivity index (χ3v) is 2.88. The molecule has 13 heavy (non-hydrogen) atoms. The van der Waals surface area contributed by atoms with E-state index in [-0.39, 0.29) is 0 Å². The zero-order chi connectivity index (χ0) is 9.10.